The third kappa shape index (κ3) is 3.76. The van der Waals surface area contributed by atoms with Crippen LogP contribution in [0.1, 0.15) is 31.4 Å². The SMILES string of the molecule is C=C(CC)CC(NC)c1ccc(Cl)cc1OC. The summed E-state index contributed by atoms with van der Waals surface area (Å²) in [7, 11) is 3.61. The second kappa shape index (κ2) is 6.67. The molecule has 0 aromatic heterocycles. The topological polar surface area (TPSA) is 21.3 Å². The van der Waals surface area contributed by atoms with Gasteiger partial charge in [-0.15, -0.1) is 0 Å². The summed E-state index contributed by atoms with van der Waals surface area (Å²) in [6.07, 6.45) is 1.90. The lowest BCUT2D eigenvalue weighted by Crippen LogP contribution is -2.17. The van der Waals surface area contributed by atoms with E-state index in [1.54, 1.807) is 7.11 Å². The van der Waals surface area contributed by atoms with Gasteiger partial charge in [-0.25, -0.2) is 0 Å². The van der Waals surface area contributed by atoms with E-state index in [0.717, 1.165) is 24.2 Å². The Morgan fingerprint density at radius 2 is 2.24 bits per heavy atom. The van der Waals surface area contributed by atoms with E-state index in [-0.39, 0.29) is 6.04 Å². The summed E-state index contributed by atoms with van der Waals surface area (Å²) in [5, 5.41) is 3.98. The van der Waals surface area contributed by atoms with Crippen molar-refractivity contribution in [1.29, 1.82) is 0 Å². The highest BCUT2D eigenvalue weighted by atomic mass is 35.5. The van der Waals surface area contributed by atoms with E-state index in [9.17, 15) is 0 Å². The van der Waals surface area contributed by atoms with Crippen molar-refractivity contribution in [2.75, 3.05) is 14.2 Å². The molecule has 0 aliphatic carbocycles. The molecule has 1 N–H and O–H groups in total. The van der Waals surface area contributed by atoms with Crippen molar-refractivity contribution in [3.8, 4) is 5.75 Å². The fourth-order valence-electron chi connectivity index (χ4n) is 1.77. The largest absolute Gasteiger partial charge is 0.496 e. The Morgan fingerprint density at radius 3 is 2.76 bits per heavy atom. The molecule has 0 bridgehead atoms. The van der Waals surface area contributed by atoms with Crippen molar-refractivity contribution in [3.63, 3.8) is 0 Å². The van der Waals surface area contributed by atoms with E-state index in [1.165, 1.54) is 5.57 Å². The average molecular weight is 254 g/mol. The van der Waals surface area contributed by atoms with Crippen LogP contribution >= 0.6 is 11.6 Å². The van der Waals surface area contributed by atoms with Crippen LogP contribution in [0, 0.1) is 0 Å². The summed E-state index contributed by atoms with van der Waals surface area (Å²) in [5.41, 5.74) is 2.34. The van der Waals surface area contributed by atoms with Crippen molar-refractivity contribution in [3.05, 3.63) is 40.9 Å². The molecule has 2 nitrogen and oxygen atoms in total. The second-order valence-electron chi connectivity index (χ2n) is 4.04. The lowest BCUT2D eigenvalue weighted by atomic mass is 9.98. The Bertz CT molecular complexity index is 390. The van der Waals surface area contributed by atoms with Crippen LogP contribution in [0.4, 0.5) is 0 Å². The maximum Gasteiger partial charge on any atom is 0.125 e. The van der Waals surface area contributed by atoms with E-state index in [4.69, 9.17) is 16.3 Å². The van der Waals surface area contributed by atoms with Gasteiger partial charge >= 0.3 is 0 Å². The van der Waals surface area contributed by atoms with E-state index >= 15 is 0 Å². The molecule has 0 saturated heterocycles. The molecule has 1 rings (SSSR count). The molecule has 3 heteroatoms. The second-order valence-corrected chi connectivity index (χ2v) is 4.47. The summed E-state index contributed by atoms with van der Waals surface area (Å²) >= 11 is 5.96. The Morgan fingerprint density at radius 1 is 1.53 bits per heavy atom. The number of nitrogens with one attached hydrogen (secondary N) is 1. The molecule has 1 atom stereocenters. The van der Waals surface area contributed by atoms with E-state index in [0.29, 0.717) is 5.02 Å². The minimum absolute atomic E-state index is 0.217. The Labute approximate surface area is 109 Å². The zero-order valence-electron chi connectivity index (χ0n) is 10.7. The first-order chi connectivity index (χ1) is 8.12. The quantitative estimate of drug-likeness (QED) is 0.775. The molecule has 17 heavy (non-hydrogen) atoms. The van der Waals surface area contributed by atoms with Crippen LogP contribution in [0.3, 0.4) is 0 Å². The highest BCUT2D eigenvalue weighted by molar-refractivity contribution is 6.30. The summed E-state index contributed by atoms with van der Waals surface area (Å²) < 4.78 is 5.37. The molecule has 0 aliphatic rings. The van der Waals surface area contributed by atoms with Gasteiger partial charge in [-0.3, -0.25) is 0 Å². The molecule has 94 valence electrons. The van der Waals surface area contributed by atoms with Gasteiger partial charge in [0, 0.05) is 16.6 Å². The van der Waals surface area contributed by atoms with E-state index in [2.05, 4.69) is 18.8 Å². The lowest BCUT2D eigenvalue weighted by Gasteiger charge is -2.20. The number of rotatable bonds is 6. The first kappa shape index (κ1) is 14.1. The average Bonchev–Trinajstić information content (AvgIpc) is 2.35. The van der Waals surface area contributed by atoms with Gasteiger partial charge in [0.1, 0.15) is 5.75 Å². The van der Waals surface area contributed by atoms with Crippen molar-refractivity contribution in [2.45, 2.75) is 25.8 Å². The lowest BCUT2D eigenvalue weighted by molar-refractivity contribution is 0.401. The van der Waals surface area contributed by atoms with Gasteiger partial charge in [0.05, 0.1) is 7.11 Å². The fraction of sp³-hybridized carbons (Fsp3) is 0.429. The number of halogens is 1. The molecule has 0 heterocycles. The maximum atomic E-state index is 5.96. The van der Waals surface area contributed by atoms with Crippen molar-refractivity contribution in [2.24, 2.45) is 0 Å². The minimum atomic E-state index is 0.217. The summed E-state index contributed by atoms with van der Waals surface area (Å²) in [6, 6.07) is 5.95. The number of ether oxygens (including phenoxy) is 1. The molecule has 1 unspecified atom stereocenters. The molecule has 0 aliphatic heterocycles. The van der Waals surface area contributed by atoms with Gasteiger partial charge < -0.3 is 10.1 Å². The van der Waals surface area contributed by atoms with E-state index in [1.807, 2.05) is 25.2 Å². The molecule has 0 amide bonds. The van der Waals surface area contributed by atoms with Gasteiger partial charge in [-0.1, -0.05) is 36.7 Å². The number of hydrogen-bond acceptors (Lipinski definition) is 2. The molecule has 0 fully saturated rings. The van der Waals surface area contributed by atoms with Gasteiger partial charge in [-0.05, 0) is 32.0 Å². The van der Waals surface area contributed by atoms with Crippen molar-refractivity contribution in [1.82, 2.24) is 5.32 Å². The molecule has 0 saturated carbocycles. The summed E-state index contributed by atoms with van der Waals surface area (Å²) in [5.74, 6) is 0.820. The number of methoxy groups -OCH3 is 1. The zero-order valence-corrected chi connectivity index (χ0v) is 11.5. The smallest absolute Gasteiger partial charge is 0.125 e. The van der Waals surface area contributed by atoms with Crippen LogP contribution in [0.25, 0.3) is 0 Å². The first-order valence-corrected chi connectivity index (χ1v) is 6.17. The molecule has 0 spiro atoms. The summed E-state index contributed by atoms with van der Waals surface area (Å²) in [4.78, 5) is 0. The Balaban J connectivity index is 2.98. The minimum Gasteiger partial charge on any atom is -0.496 e. The van der Waals surface area contributed by atoms with Crippen molar-refractivity contribution >= 4 is 11.6 Å². The van der Waals surface area contributed by atoms with Crippen LogP contribution in [0.2, 0.25) is 5.02 Å². The normalized spacial score (nSPS) is 12.2. The predicted octanol–water partition coefficient (Wildman–Crippen LogP) is 3.97. The van der Waals surface area contributed by atoms with E-state index < -0.39 is 0 Å². The predicted molar refractivity (Wildman–Crippen MR) is 73.9 cm³/mol. The number of benzene rings is 1. The monoisotopic (exact) mass is 253 g/mol. The van der Waals surface area contributed by atoms with Crippen LogP contribution in [-0.2, 0) is 0 Å². The van der Waals surface area contributed by atoms with Gasteiger partial charge in [0.2, 0.25) is 0 Å². The van der Waals surface area contributed by atoms with Crippen LogP contribution in [-0.4, -0.2) is 14.2 Å². The fourth-order valence-corrected chi connectivity index (χ4v) is 1.94. The summed E-state index contributed by atoms with van der Waals surface area (Å²) in [6.45, 7) is 6.17. The van der Waals surface area contributed by atoms with Gasteiger partial charge in [0.25, 0.3) is 0 Å². The van der Waals surface area contributed by atoms with Crippen molar-refractivity contribution < 1.29 is 4.74 Å². The maximum absolute atomic E-state index is 5.96. The third-order valence-electron chi connectivity index (χ3n) is 2.91. The Kier molecular flexibility index (Phi) is 5.52. The molecule has 1 aromatic carbocycles. The van der Waals surface area contributed by atoms with Gasteiger partial charge in [-0.2, -0.15) is 0 Å². The third-order valence-corrected chi connectivity index (χ3v) is 3.15. The molecule has 1 aromatic rings. The zero-order chi connectivity index (χ0) is 12.8. The van der Waals surface area contributed by atoms with Gasteiger partial charge in [0.15, 0.2) is 0 Å². The standard InChI is InChI=1S/C14H20ClNO/c1-5-10(2)8-13(16-3)12-7-6-11(15)9-14(12)17-4/h6-7,9,13,16H,2,5,8H2,1,3-4H3. The van der Waals surface area contributed by atoms with Crippen LogP contribution in [0.5, 0.6) is 5.75 Å². The number of hydrogen-bond donors (Lipinski definition) is 1. The van der Waals surface area contributed by atoms with Crippen LogP contribution < -0.4 is 10.1 Å². The van der Waals surface area contributed by atoms with Crippen LogP contribution in [0.15, 0.2) is 30.4 Å². The molecular formula is C14H20ClNO. The molecule has 0 radical (unpaired) electrons. The highest BCUT2D eigenvalue weighted by Crippen LogP contribution is 2.31. The highest BCUT2D eigenvalue weighted by Gasteiger charge is 2.15. The molecular weight excluding hydrogens is 234 g/mol. The Hall–Kier alpha value is -0.990. The first-order valence-electron chi connectivity index (χ1n) is 5.79.